The van der Waals surface area contributed by atoms with Crippen molar-refractivity contribution < 1.29 is 9.84 Å². The Hall–Kier alpha value is -0.730. The van der Waals surface area contributed by atoms with Crippen LogP contribution in [0.1, 0.15) is 44.3 Å². The van der Waals surface area contributed by atoms with E-state index in [1.54, 1.807) is 13.2 Å². The van der Waals surface area contributed by atoms with E-state index in [1.165, 1.54) is 12.8 Å². The fourth-order valence-corrected chi connectivity index (χ4v) is 2.97. The molecule has 1 unspecified atom stereocenters. The summed E-state index contributed by atoms with van der Waals surface area (Å²) in [6.07, 6.45) is 4.09. The maximum absolute atomic E-state index is 10.5. The maximum atomic E-state index is 10.5. The zero-order valence-electron chi connectivity index (χ0n) is 11.0. The molecule has 0 spiro atoms. The molecule has 1 aromatic rings. The lowest BCUT2D eigenvalue weighted by molar-refractivity contribution is 0.0734. The lowest BCUT2D eigenvalue weighted by Crippen LogP contribution is -2.19. The van der Waals surface area contributed by atoms with E-state index in [0.29, 0.717) is 10.9 Å². The Morgan fingerprint density at radius 1 is 1.28 bits per heavy atom. The molecule has 0 amide bonds. The second-order valence-corrected chi connectivity index (χ2v) is 5.79. The molecule has 1 aromatic carbocycles. The van der Waals surface area contributed by atoms with Crippen LogP contribution in [0.3, 0.4) is 0 Å². The van der Waals surface area contributed by atoms with Gasteiger partial charge in [0.05, 0.1) is 13.2 Å². The molecule has 1 N–H and O–H groups in total. The second-order valence-electron chi connectivity index (χ2n) is 5.35. The molecule has 0 bridgehead atoms. The van der Waals surface area contributed by atoms with Crippen LogP contribution in [0.4, 0.5) is 0 Å². The van der Waals surface area contributed by atoms with E-state index in [0.717, 1.165) is 30.1 Å². The monoisotopic (exact) mass is 268 g/mol. The summed E-state index contributed by atoms with van der Waals surface area (Å²) in [5.41, 5.74) is 0.824. The first-order valence-corrected chi connectivity index (χ1v) is 7.01. The van der Waals surface area contributed by atoms with Gasteiger partial charge in [0.2, 0.25) is 0 Å². The number of halogens is 1. The molecular weight excluding hydrogens is 248 g/mol. The first-order chi connectivity index (χ1) is 8.61. The van der Waals surface area contributed by atoms with E-state index in [-0.39, 0.29) is 0 Å². The number of hydrogen-bond acceptors (Lipinski definition) is 2. The molecule has 1 aliphatic carbocycles. The van der Waals surface area contributed by atoms with Gasteiger partial charge in [-0.2, -0.15) is 0 Å². The highest BCUT2D eigenvalue weighted by Crippen LogP contribution is 2.40. The molecule has 1 fully saturated rings. The van der Waals surface area contributed by atoms with E-state index < -0.39 is 6.10 Å². The van der Waals surface area contributed by atoms with Crippen LogP contribution in [0.25, 0.3) is 0 Å². The van der Waals surface area contributed by atoms with Crippen molar-refractivity contribution in [3.05, 3.63) is 28.8 Å². The van der Waals surface area contributed by atoms with Gasteiger partial charge in [-0.1, -0.05) is 31.4 Å². The first-order valence-electron chi connectivity index (χ1n) is 6.63. The Bertz CT molecular complexity index is 397. The molecule has 100 valence electrons. The Labute approximate surface area is 114 Å². The summed E-state index contributed by atoms with van der Waals surface area (Å²) in [7, 11) is 1.63. The largest absolute Gasteiger partial charge is 0.496 e. The molecule has 2 nitrogen and oxygen atoms in total. The van der Waals surface area contributed by atoms with Crippen LogP contribution in [0.5, 0.6) is 5.75 Å². The number of aliphatic hydroxyl groups excluding tert-OH is 1. The molecular formula is C15H21ClO2. The summed E-state index contributed by atoms with van der Waals surface area (Å²) < 4.78 is 5.31. The molecule has 0 aromatic heterocycles. The maximum Gasteiger partial charge on any atom is 0.124 e. The second kappa shape index (κ2) is 5.94. The minimum absolute atomic E-state index is 0.327. The highest BCUT2D eigenvalue weighted by molar-refractivity contribution is 6.30. The van der Waals surface area contributed by atoms with Gasteiger partial charge >= 0.3 is 0 Å². The van der Waals surface area contributed by atoms with Crippen LogP contribution in [0.2, 0.25) is 5.02 Å². The van der Waals surface area contributed by atoms with Gasteiger partial charge in [0.25, 0.3) is 0 Å². The summed E-state index contributed by atoms with van der Waals surface area (Å²) in [4.78, 5) is 0. The van der Waals surface area contributed by atoms with Crippen molar-refractivity contribution in [1.82, 2.24) is 0 Å². The van der Waals surface area contributed by atoms with Crippen molar-refractivity contribution in [2.75, 3.05) is 7.11 Å². The van der Waals surface area contributed by atoms with Crippen molar-refractivity contribution >= 4 is 11.6 Å². The Morgan fingerprint density at radius 2 is 1.94 bits per heavy atom. The van der Waals surface area contributed by atoms with Gasteiger partial charge in [0, 0.05) is 10.6 Å². The minimum Gasteiger partial charge on any atom is -0.496 e. The zero-order valence-corrected chi connectivity index (χ0v) is 11.8. The standard InChI is InChI=1S/C15H21ClO2/c1-10-3-5-11(6-4-10)15(17)13-9-12(16)7-8-14(13)18-2/h7-11,15,17H,3-6H2,1-2H3. The van der Waals surface area contributed by atoms with Gasteiger partial charge < -0.3 is 9.84 Å². The topological polar surface area (TPSA) is 29.5 Å². The van der Waals surface area contributed by atoms with Gasteiger partial charge in [-0.25, -0.2) is 0 Å². The van der Waals surface area contributed by atoms with Gasteiger partial charge in [-0.05, 0) is 42.9 Å². The molecule has 3 heteroatoms. The van der Waals surface area contributed by atoms with Crippen LogP contribution in [0.15, 0.2) is 18.2 Å². The molecule has 0 heterocycles. The zero-order chi connectivity index (χ0) is 13.1. The fraction of sp³-hybridized carbons (Fsp3) is 0.600. The van der Waals surface area contributed by atoms with Gasteiger partial charge in [0.1, 0.15) is 5.75 Å². The average Bonchev–Trinajstić information content (AvgIpc) is 2.39. The summed E-state index contributed by atoms with van der Waals surface area (Å²) in [6, 6.07) is 5.44. The lowest BCUT2D eigenvalue weighted by atomic mass is 9.78. The van der Waals surface area contributed by atoms with E-state index in [2.05, 4.69) is 6.92 Å². The van der Waals surface area contributed by atoms with Crippen molar-refractivity contribution in [2.24, 2.45) is 11.8 Å². The molecule has 1 atom stereocenters. The normalized spacial score (nSPS) is 25.8. The van der Waals surface area contributed by atoms with E-state index in [9.17, 15) is 5.11 Å². The average molecular weight is 269 g/mol. The van der Waals surface area contributed by atoms with Gasteiger partial charge in [0.15, 0.2) is 0 Å². The highest BCUT2D eigenvalue weighted by atomic mass is 35.5. The van der Waals surface area contributed by atoms with Gasteiger partial charge in [-0.15, -0.1) is 0 Å². The molecule has 2 rings (SSSR count). The molecule has 1 saturated carbocycles. The molecule has 1 aliphatic rings. The Morgan fingerprint density at radius 3 is 2.56 bits per heavy atom. The molecule has 0 radical (unpaired) electrons. The Kier molecular flexibility index (Phi) is 4.52. The van der Waals surface area contributed by atoms with Crippen molar-refractivity contribution in [2.45, 2.75) is 38.7 Å². The number of aliphatic hydroxyl groups is 1. The van der Waals surface area contributed by atoms with Crippen LogP contribution in [-0.4, -0.2) is 12.2 Å². The van der Waals surface area contributed by atoms with E-state index in [4.69, 9.17) is 16.3 Å². The van der Waals surface area contributed by atoms with Crippen molar-refractivity contribution in [3.8, 4) is 5.75 Å². The first kappa shape index (κ1) is 13.7. The van der Waals surface area contributed by atoms with Crippen LogP contribution in [0, 0.1) is 11.8 Å². The van der Waals surface area contributed by atoms with Gasteiger partial charge in [-0.3, -0.25) is 0 Å². The van der Waals surface area contributed by atoms with Crippen molar-refractivity contribution in [3.63, 3.8) is 0 Å². The van der Waals surface area contributed by atoms with Crippen LogP contribution in [-0.2, 0) is 0 Å². The van der Waals surface area contributed by atoms with Crippen LogP contribution >= 0.6 is 11.6 Å². The third-order valence-corrected chi connectivity index (χ3v) is 4.25. The molecule has 18 heavy (non-hydrogen) atoms. The number of methoxy groups -OCH3 is 1. The third kappa shape index (κ3) is 2.99. The Balaban J connectivity index is 2.17. The van der Waals surface area contributed by atoms with Crippen LogP contribution < -0.4 is 4.74 Å². The summed E-state index contributed by atoms with van der Waals surface area (Å²) in [6.45, 7) is 2.28. The predicted octanol–water partition coefficient (Wildman–Crippen LogP) is 4.21. The van der Waals surface area contributed by atoms with E-state index in [1.807, 2.05) is 12.1 Å². The highest BCUT2D eigenvalue weighted by Gasteiger charge is 2.27. The van der Waals surface area contributed by atoms with Crippen molar-refractivity contribution in [1.29, 1.82) is 0 Å². The number of hydrogen-bond donors (Lipinski definition) is 1. The number of benzene rings is 1. The lowest BCUT2D eigenvalue weighted by Gasteiger charge is -2.30. The summed E-state index contributed by atoms with van der Waals surface area (Å²) >= 11 is 6.01. The SMILES string of the molecule is COc1ccc(Cl)cc1C(O)C1CCC(C)CC1. The molecule has 0 aliphatic heterocycles. The fourth-order valence-electron chi connectivity index (χ4n) is 2.79. The number of rotatable bonds is 3. The number of ether oxygens (including phenoxy) is 1. The quantitative estimate of drug-likeness (QED) is 0.890. The smallest absolute Gasteiger partial charge is 0.124 e. The summed E-state index contributed by atoms with van der Waals surface area (Å²) in [5.74, 6) is 1.84. The molecule has 0 saturated heterocycles. The predicted molar refractivity (Wildman–Crippen MR) is 74.1 cm³/mol. The summed E-state index contributed by atoms with van der Waals surface area (Å²) in [5, 5.41) is 11.2. The van der Waals surface area contributed by atoms with E-state index >= 15 is 0 Å². The third-order valence-electron chi connectivity index (χ3n) is 4.02. The minimum atomic E-state index is -0.467.